The van der Waals surface area contributed by atoms with E-state index in [1.807, 2.05) is 13.0 Å². The van der Waals surface area contributed by atoms with E-state index in [1.165, 1.54) is 6.92 Å². The molecule has 4 rings (SSSR count). The Morgan fingerprint density at radius 2 is 1.91 bits per heavy atom. The summed E-state index contributed by atoms with van der Waals surface area (Å²) < 4.78 is 11.0. The molecule has 0 heterocycles. The average molecular weight is 491 g/mol. The number of aliphatic hydroxyl groups excluding tert-OH is 1. The molecule has 0 saturated heterocycles. The van der Waals surface area contributed by atoms with E-state index in [9.17, 15) is 24.3 Å². The fraction of sp³-hybridized carbons (Fsp3) is 0.704. The van der Waals surface area contributed by atoms with Gasteiger partial charge in [-0.25, -0.2) is 0 Å². The minimum Gasteiger partial charge on any atom is -0.458 e. The normalized spacial score (nSPS) is 41.5. The quantitative estimate of drug-likeness (QED) is 0.584. The summed E-state index contributed by atoms with van der Waals surface area (Å²) >= 11 is 0. The van der Waals surface area contributed by atoms with Crippen LogP contribution in [0.1, 0.15) is 66.7 Å². The monoisotopic (exact) mass is 490 g/mol. The van der Waals surface area contributed by atoms with Crippen molar-refractivity contribution in [1.82, 2.24) is 0 Å². The second-order valence-electron chi connectivity index (χ2n) is 11.1. The van der Waals surface area contributed by atoms with Gasteiger partial charge in [-0.1, -0.05) is 39.3 Å². The molecule has 0 bridgehead atoms. The summed E-state index contributed by atoms with van der Waals surface area (Å²) in [7, 11) is 0. The molecule has 0 aromatic heterocycles. The number of carbonyl (C=O) groups excluding carboxylic acids is 4. The van der Waals surface area contributed by atoms with Gasteiger partial charge in [0.1, 0.15) is 0 Å². The van der Waals surface area contributed by atoms with Gasteiger partial charge in [-0.05, 0) is 55.6 Å². The van der Waals surface area contributed by atoms with Crippen LogP contribution in [-0.4, -0.2) is 52.4 Å². The maximum Gasteiger partial charge on any atom is 0.306 e. The largest absolute Gasteiger partial charge is 0.458 e. The Hall–Kier alpha value is -2.32. The summed E-state index contributed by atoms with van der Waals surface area (Å²) in [4.78, 5) is 49.6. The van der Waals surface area contributed by atoms with Crippen molar-refractivity contribution in [1.29, 1.82) is 0 Å². The van der Waals surface area contributed by atoms with E-state index in [4.69, 9.17) is 9.47 Å². The maximum atomic E-state index is 13.5. The smallest absolute Gasteiger partial charge is 0.306 e. The zero-order valence-electron chi connectivity index (χ0n) is 21.3. The molecule has 0 amide bonds. The Bertz CT molecular complexity index is 982. The van der Waals surface area contributed by atoms with Crippen molar-refractivity contribution in [2.75, 3.05) is 6.61 Å². The van der Waals surface area contributed by atoms with E-state index in [1.54, 1.807) is 19.1 Å². The second kappa shape index (κ2) is 9.28. The molecule has 8 heteroatoms. The molecule has 194 valence electrons. The number of aliphatic hydroxyl groups is 1. The summed E-state index contributed by atoms with van der Waals surface area (Å²) in [5.41, 5.74) is -1.60. The number of hydrogen-bond acceptors (Lipinski definition) is 7. The highest BCUT2D eigenvalue weighted by Crippen LogP contribution is 2.68. The number of ketones is 2. The lowest BCUT2D eigenvalue weighted by Gasteiger charge is -2.61. The number of rotatable bonds is 5. The summed E-state index contributed by atoms with van der Waals surface area (Å²) in [6.45, 7) is 8.65. The van der Waals surface area contributed by atoms with Gasteiger partial charge in [-0.2, -0.15) is 0 Å². The second-order valence-corrected chi connectivity index (χ2v) is 11.1. The third-order valence-electron chi connectivity index (χ3n) is 9.37. The highest BCUT2D eigenvalue weighted by molar-refractivity contribution is 6.01. The van der Waals surface area contributed by atoms with Crippen LogP contribution >= 0.6 is 0 Å². The van der Waals surface area contributed by atoms with Crippen molar-refractivity contribution in [3.05, 3.63) is 23.8 Å². The van der Waals surface area contributed by atoms with Crippen molar-refractivity contribution >= 4 is 23.5 Å². The molecule has 3 fully saturated rings. The van der Waals surface area contributed by atoms with Crippen LogP contribution in [0, 0.1) is 34.5 Å². The van der Waals surface area contributed by atoms with Crippen LogP contribution in [0.4, 0.5) is 0 Å². The molecule has 0 aromatic carbocycles. The standard InChI is InChI=1S/C27H36O7.H2O/c1-6-23(32)34-27(22(31)14-33-16(3)28)10-8-19-18-11-15(2)20-12-17(29)7-9-25(20,4)24(18)21(30)13-26(19,27)5;/h7,9,12,15,18-19,21,24,30H,6,8,10-11,13-14H2,1-5H3;1H2/t15-,18?,19?,21-,24?,25-,26-,27-;/m0./s1. The number of esters is 2. The van der Waals surface area contributed by atoms with Crippen molar-refractivity contribution in [2.45, 2.75) is 78.4 Å². The number of allylic oxidation sites excluding steroid dienone is 4. The number of fused-ring (bicyclic) bond motifs is 5. The van der Waals surface area contributed by atoms with Crippen molar-refractivity contribution in [2.24, 2.45) is 34.5 Å². The summed E-state index contributed by atoms with van der Waals surface area (Å²) in [6.07, 6.45) is 6.77. The molecule has 4 aliphatic carbocycles. The molecule has 8 nitrogen and oxygen atoms in total. The van der Waals surface area contributed by atoms with Crippen LogP contribution in [0.25, 0.3) is 0 Å². The molecule has 8 atom stereocenters. The Labute approximate surface area is 206 Å². The van der Waals surface area contributed by atoms with E-state index in [0.717, 1.165) is 12.0 Å². The molecule has 35 heavy (non-hydrogen) atoms. The molecular weight excluding hydrogens is 452 g/mol. The van der Waals surface area contributed by atoms with Gasteiger partial charge in [0, 0.05) is 30.1 Å². The van der Waals surface area contributed by atoms with Crippen LogP contribution in [0.15, 0.2) is 23.8 Å². The first-order valence-corrected chi connectivity index (χ1v) is 12.4. The zero-order valence-corrected chi connectivity index (χ0v) is 21.3. The lowest BCUT2D eigenvalue weighted by molar-refractivity contribution is -0.201. The predicted molar refractivity (Wildman–Crippen MR) is 127 cm³/mol. The van der Waals surface area contributed by atoms with Crippen molar-refractivity contribution in [3.63, 3.8) is 0 Å². The number of carbonyl (C=O) groups is 4. The number of Topliss-reactive ketones (excluding diaryl/α,β-unsaturated/α-hetero) is 1. The molecular formula is C27H38O8. The first-order valence-electron chi connectivity index (χ1n) is 12.4. The van der Waals surface area contributed by atoms with E-state index < -0.39 is 46.9 Å². The molecule has 3 N–H and O–H groups in total. The number of hydrogen-bond donors (Lipinski definition) is 1. The lowest BCUT2D eigenvalue weighted by Crippen LogP contribution is -2.63. The molecule has 3 unspecified atom stereocenters. The molecule has 0 aromatic rings. The van der Waals surface area contributed by atoms with Crippen LogP contribution in [0.2, 0.25) is 0 Å². The molecule has 3 saturated carbocycles. The first-order chi connectivity index (χ1) is 15.9. The summed E-state index contributed by atoms with van der Waals surface area (Å²) in [6, 6.07) is 0. The zero-order chi connectivity index (χ0) is 25.1. The van der Waals surface area contributed by atoms with Crippen LogP contribution in [0.5, 0.6) is 0 Å². The Kier molecular flexibility index (Phi) is 7.23. The van der Waals surface area contributed by atoms with Crippen molar-refractivity contribution in [3.8, 4) is 0 Å². The molecule has 0 radical (unpaired) electrons. The average Bonchev–Trinajstić information content (AvgIpc) is 3.05. The Morgan fingerprint density at radius 3 is 2.54 bits per heavy atom. The van der Waals surface area contributed by atoms with E-state index in [2.05, 4.69) is 13.8 Å². The fourth-order valence-electron chi connectivity index (χ4n) is 7.97. The molecule has 0 aliphatic heterocycles. The van der Waals surface area contributed by atoms with Gasteiger partial charge in [-0.3, -0.25) is 19.2 Å². The highest BCUT2D eigenvalue weighted by atomic mass is 16.6. The Balaban J connectivity index is 0.00000342. The van der Waals surface area contributed by atoms with E-state index >= 15 is 0 Å². The van der Waals surface area contributed by atoms with Crippen LogP contribution in [-0.2, 0) is 28.7 Å². The highest BCUT2D eigenvalue weighted by Gasteiger charge is 2.70. The van der Waals surface area contributed by atoms with E-state index in [0.29, 0.717) is 19.3 Å². The predicted octanol–water partition coefficient (Wildman–Crippen LogP) is 2.51. The minimum atomic E-state index is -1.44. The van der Waals surface area contributed by atoms with Gasteiger partial charge in [-0.15, -0.1) is 0 Å². The van der Waals surface area contributed by atoms with Crippen LogP contribution < -0.4 is 0 Å². The first kappa shape index (κ1) is 27.3. The topological polar surface area (TPSA) is 138 Å². The molecule has 0 spiro atoms. The fourth-order valence-corrected chi connectivity index (χ4v) is 7.97. The summed E-state index contributed by atoms with van der Waals surface area (Å²) in [5.74, 6) is -1.29. The van der Waals surface area contributed by atoms with Gasteiger partial charge in [0.15, 0.2) is 18.0 Å². The maximum absolute atomic E-state index is 13.5. The van der Waals surface area contributed by atoms with Gasteiger partial charge in [0.25, 0.3) is 0 Å². The summed E-state index contributed by atoms with van der Waals surface area (Å²) in [5, 5.41) is 11.6. The Morgan fingerprint density at radius 1 is 1.23 bits per heavy atom. The lowest BCUT2D eigenvalue weighted by atomic mass is 9.44. The van der Waals surface area contributed by atoms with Gasteiger partial charge in [0.05, 0.1) is 6.10 Å². The molecule has 4 aliphatic rings. The van der Waals surface area contributed by atoms with Gasteiger partial charge < -0.3 is 20.1 Å². The van der Waals surface area contributed by atoms with E-state index in [-0.39, 0.29) is 41.4 Å². The third-order valence-corrected chi connectivity index (χ3v) is 9.37. The van der Waals surface area contributed by atoms with Gasteiger partial charge >= 0.3 is 11.9 Å². The van der Waals surface area contributed by atoms with Crippen LogP contribution in [0.3, 0.4) is 0 Å². The minimum absolute atomic E-state index is 0. The SMILES string of the molecule is CCC(=O)O[C@]1(C(=O)COC(C)=O)CCC2C3C[C@H](C)C4=CC(=O)C=C[C@]4(C)C3[C@@H](O)C[C@@]21C.O. The van der Waals surface area contributed by atoms with Crippen molar-refractivity contribution < 1.29 is 39.2 Å². The third kappa shape index (κ3) is 3.99. The number of ether oxygens (including phenoxy) is 2. The van der Waals surface area contributed by atoms with Gasteiger partial charge in [0.2, 0.25) is 5.78 Å².